The number of rotatable bonds is 12. The first kappa shape index (κ1) is 40.0. The SMILES string of the molecule is COC(=O)c1c(NC(=O)C(Sc2cccc(NC(=O)/C(=C/c3cccc(OC)c3)NC(=O)c3ccccc3)c2)c2ccccc2)sc2c1CCC(C(C)(C)C)C2. The van der Waals surface area contributed by atoms with Gasteiger partial charge in [-0.1, -0.05) is 87.5 Å². The normalized spacial score (nSPS) is 14.5. The molecule has 0 fully saturated rings. The van der Waals surface area contributed by atoms with Gasteiger partial charge in [0.25, 0.3) is 11.8 Å². The molecule has 3 N–H and O–H groups in total. The maximum Gasteiger partial charge on any atom is 0.341 e. The molecule has 0 saturated heterocycles. The maximum absolute atomic E-state index is 14.3. The van der Waals surface area contributed by atoms with Gasteiger partial charge in [0, 0.05) is 21.0 Å². The molecule has 11 heteroatoms. The molecule has 3 amide bonds. The van der Waals surface area contributed by atoms with Gasteiger partial charge in [0.2, 0.25) is 5.91 Å². The van der Waals surface area contributed by atoms with Crippen LogP contribution in [0.3, 0.4) is 0 Å². The van der Waals surface area contributed by atoms with Gasteiger partial charge in [0.05, 0.1) is 19.8 Å². The lowest BCUT2D eigenvalue weighted by Gasteiger charge is -2.33. The minimum Gasteiger partial charge on any atom is -0.497 e. The summed E-state index contributed by atoms with van der Waals surface area (Å²) >= 11 is 2.78. The molecule has 1 aliphatic rings. The molecule has 5 aromatic rings. The fourth-order valence-electron chi connectivity index (χ4n) is 6.63. The third-order valence-corrected chi connectivity index (χ3v) is 12.2. The van der Waals surface area contributed by atoms with Crippen LogP contribution in [-0.4, -0.2) is 37.9 Å². The molecule has 6 rings (SSSR count). The third-order valence-electron chi connectivity index (χ3n) is 9.74. The topological polar surface area (TPSA) is 123 Å². The summed E-state index contributed by atoms with van der Waals surface area (Å²) in [5.41, 5.74) is 3.83. The van der Waals surface area contributed by atoms with Crippen molar-refractivity contribution in [3.05, 3.63) is 148 Å². The van der Waals surface area contributed by atoms with Gasteiger partial charge >= 0.3 is 5.97 Å². The summed E-state index contributed by atoms with van der Waals surface area (Å²) < 4.78 is 10.6. The molecular weight excluding hydrogens is 743 g/mol. The minimum absolute atomic E-state index is 0.0283. The maximum atomic E-state index is 14.3. The summed E-state index contributed by atoms with van der Waals surface area (Å²) in [6, 6.07) is 32.4. The van der Waals surface area contributed by atoms with Crippen LogP contribution in [0.4, 0.5) is 10.7 Å². The van der Waals surface area contributed by atoms with Gasteiger partial charge in [-0.05, 0) is 95.8 Å². The minimum atomic E-state index is -0.706. The van der Waals surface area contributed by atoms with E-state index in [1.54, 1.807) is 79.9 Å². The lowest BCUT2D eigenvalue weighted by molar-refractivity contribution is -0.116. The van der Waals surface area contributed by atoms with Gasteiger partial charge in [-0.15, -0.1) is 23.1 Å². The number of benzene rings is 4. The van der Waals surface area contributed by atoms with E-state index >= 15 is 0 Å². The molecule has 1 heterocycles. The van der Waals surface area contributed by atoms with Crippen molar-refractivity contribution < 1.29 is 28.7 Å². The summed E-state index contributed by atoms with van der Waals surface area (Å²) in [6.07, 6.45) is 4.12. The Morgan fingerprint density at radius 3 is 2.27 bits per heavy atom. The third kappa shape index (κ3) is 9.77. The summed E-state index contributed by atoms with van der Waals surface area (Å²) in [5, 5.41) is 8.59. The van der Waals surface area contributed by atoms with E-state index in [1.165, 1.54) is 30.2 Å². The smallest absolute Gasteiger partial charge is 0.341 e. The van der Waals surface area contributed by atoms with Crippen molar-refractivity contribution >= 4 is 63.6 Å². The quantitative estimate of drug-likeness (QED) is 0.0654. The van der Waals surface area contributed by atoms with Crippen LogP contribution in [0.2, 0.25) is 0 Å². The van der Waals surface area contributed by atoms with Crippen molar-refractivity contribution in [1.82, 2.24) is 5.32 Å². The highest BCUT2D eigenvalue weighted by atomic mass is 32.2. The standard InChI is InChI=1S/C45H45N3O6S2/c1-45(2,3)31-22-23-35-37(26-31)56-43(38(35)44(52)54-5)48-42(51)39(29-15-8-6-9-16-29)55-34-21-13-19-32(27-34)46-41(50)36(25-28-14-12-20-33(24-28)53-4)47-40(49)30-17-10-7-11-18-30/h6-21,24-25,27,31,39H,22-23,26H2,1-5H3,(H,46,50)(H,47,49)(H,48,51)/b36-25-. The lowest BCUT2D eigenvalue weighted by Crippen LogP contribution is -2.30. The molecule has 0 radical (unpaired) electrons. The number of anilines is 2. The molecular formula is C45H45N3O6S2. The van der Waals surface area contributed by atoms with Gasteiger partial charge in [-0.25, -0.2) is 4.79 Å². The van der Waals surface area contributed by atoms with Gasteiger partial charge in [-0.2, -0.15) is 0 Å². The molecule has 1 aromatic heterocycles. The lowest BCUT2D eigenvalue weighted by atomic mass is 9.72. The van der Waals surface area contributed by atoms with Crippen LogP contribution in [0.1, 0.15) is 74.7 Å². The highest BCUT2D eigenvalue weighted by Gasteiger charge is 2.35. The molecule has 56 heavy (non-hydrogen) atoms. The Morgan fingerprint density at radius 1 is 0.857 bits per heavy atom. The van der Waals surface area contributed by atoms with E-state index < -0.39 is 23.0 Å². The number of thiophene rings is 1. The van der Waals surface area contributed by atoms with E-state index in [0.717, 1.165) is 35.3 Å². The largest absolute Gasteiger partial charge is 0.497 e. The van der Waals surface area contributed by atoms with Crippen LogP contribution in [0.5, 0.6) is 5.75 Å². The summed E-state index contributed by atoms with van der Waals surface area (Å²) in [7, 11) is 2.92. The summed E-state index contributed by atoms with van der Waals surface area (Å²) in [6.45, 7) is 6.72. The van der Waals surface area contributed by atoms with Crippen molar-refractivity contribution in [3.63, 3.8) is 0 Å². The number of carbonyl (C=O) groups is 4. The predicted octanol–water partition coefficient (Wildman–Crippen LogP) is 9.58. The zero-order valence-corrected chi connectivity index (χ0v) is 33.6. The summed E-state index contributed by atoms with van der Waals surface area (Å²) in [5.74, 6) is -0.673. The molecule has 0 aliphatic heterocycles. The second kappa shape index (κ2) is 17.9. The number of methoxy groups -OCH3 is 2. The van der Waals surface area contributed by atoms with E-state index in [-0.39, 0.29) is 17.0 Å². The zero-order chi connectivity index (χ0) is 39.8. The van der Waals surface area contributed by atoms with Crippen molar-refractivity contribution in [1.29, 1.82) is 0 Å². The Bertz CT molecular complexity index is 2240. The first-order valence-electron chi connectivity index (χ1n) is 18.3. The highest BCUT2D eigenvalue weighted by molar-refractivity contribution is 8.00. The molecule has 1 aliphatic carbocycles. The number of thioether (sulfide) groups is 1. The van der Waals surface area contributed by atoms with Crippen LogP contribution >= 0.6 is 23.1 Å². The number of nitrogens with one attached hydrogen (secondary N) is 3. The fourth-order valence-corrected chi connectivity index (χ4v) is 9.03. The molecule has 0 spiro atoms. The van der Waals surface area contributed by atoms with Crippen LogP contribution in [0.25, 0.3) is 6.08 Å². The number of ether oxygens (including phenoxy) is 2. The molecule has 0 saturated carbocycles. The number of hydrogen-bond donors (Lipinski definition) is 3. The first-order chi connectivity index (χ1) is 26.9. The van der Waals surface area contributed by atoms with Gasteiger partial charge in [-0.3, -0.25) is 14.4 Å². The zero-order valence-electron chi connectivity index (χ0n) is 32.0. The molecule has 4 aromatic carbocycles. The van der Waals surface area contributed by atoms with E-state index in [1.807, 2.05) is 42.5 Å². The first-order valence-corrected chi connectivity index (χ1v) is 20.0. The highest BCUT2D eigenvalue weighted by Crippen LogP contribution is 2.45. The van der Waals surface area contributed by atoms with Gasteiger partial charge < -0.3 is 25.4 Å². The average molecular weight is 788 g/mol. The number of amides is 3. The molecule has 9 nitrogen and oxygen atoms in total. The van der Waals surface area contributed by atoms with Crippen molar-refractivity contribution in [2.75, 3.05) is 24.9 Å². The monoisotopic (exact) mass is 787 g/mol. The fraction of sp³-hybridized carbons (Fsp3) is 0.244. The Kier molecular flexibility index (Phi) is 12.8. The Hall–Kier alpha value is -5.65. The Labute approximate surface area is 335 Å². The number of esters is 1. The molecule has 288 valence electrons. The molecule has 2 atom stereocenters. The summed E-state index contributed by atoms with van der Waals surface area (Å²) in [4.78, 5) is 56.3. The van der Waals surface area contributed by atoms with E-state index in [2.05, 4.69) is 36.7 Å². The van der Waals surface area contributed by atoms with Gasteiger partial charge in [0.15, 0.2) is 0 Å². The second-order valence-electron chi connectivity index (χ2n) is 14.5. The van der Waals surface area contributed by atoms with Crippen molar-refractivity contribution in [2.45, 2.75) is 50.2 Å². The van der Waals surface area contributed by atoms with E-state index in [0.29, 0.717) is 43.9 Å². The predicted molar refractivity (Wildman–Crippen MR) is 224 cm³/mol. The number of carbonyl (C=O) groups excluding carboxylic acids is 4. The van der Waals surface area contributed by atoms with Crippen molar-refractivity contribution in [2.24, 2.45) is 11.3 Å². The van der Waals surface area contributed by atoms with Crippen LogP contribution in [-0.2, 0) is 27.2 Å². The van der Waals surface area contributed by atoms with Crippen molar-refractivity contribution in [3.8, 4) is 5.75 Å². The van der Waals surface area contributed by atoms with E-state index in [4.69, 9.17) is 9.47 Å². The van der Waals surface area contributed by atoms with Crippen LogP contribution < -0.4 is 20.7 Å². The molecule has 2 unspecified atom stereocenters. The average Bonchev–Trinajstić information content (AvgIpc) is 3.56. The number of fused-ring (bicyclic) bond motifs is 1. The molecule has 0 bridgehead atoms. The Morgan fingerprint density at radius 2 is 1.57 bits per heavy atom. The van der Waals surface area contributed by atoms with Gasteiger partial charge in [0.1, 0.15) is 21.7 Å². The Balaban J connectivity index is 1.26. The number of hydrogen-bond acceptors (Lipinski definition) is 8. The van der Waals surface area contributed by atoms with Crippen LogP contribution in [0, 0.1) is 11.3 Å². The van der Waals surface area contributed by atoms with E-state index in [9.17, 15) is 19.2 Å². The second-order valence-corrected chi connectivity index (χ2v) is 16.8. The van der Waals surface area contributed by atoms with Crippen LogP contribution in [0.15, 0.2) is 120 Å².